The van der Waals surface area contributed by atoms with Crippen LogP contribution in [0, 0.1) is 11.3 Å². The molecule has 7 nitrogen and oxygen atoms in total. The molecule has 0 fully saturated rings. The van der Waals surface area contributed by atoms with Crippen LogP contribution in [0.1, 0.15) is 20.8 Å². The molecule has 0 aliphatic carbocycles. The van der Waals surface area contributed by atoms with E-state index in [1.54, 1.807) is 18.5 Å². The second kappa shape index (κ2) is 7.26. The molecule has 9 heteroatoms. The van der Waals surface area contributed by atoms with Crippen LogP contribution in [-0.4, -0.2) is 15.9 Å². The van der Waals surface area contributed by atoms with Gasteiger partial charge in [-0.1, -0.05) is 12.1 Å². The second-order valence-corrected chi connectivity index (χ2v) is 7.85. The molecule has 0 aliphatic rings. The number of nitriles is 1. The largest absolute Gasteiger partial charge is 0.397 e. The molecule has 0 atom stereocenters. The van der Waals surface area contributed by atoms with Gasteiger partial charge in [-0.05, 0) is 23.1 Å². The monoisotopic (exact) mass is 406 g/mol. The molecule has 0 spiro atoms. The predicted molar refractivity (Wildman–Crippen MR) is 112 cm³/mol. The van der Waals surface area contributed by atoms with E-state index < -0.39 is 0 Å². The lowest BCUT2D eigenvalue weighted by atomic mass is 10.0. The van der Waals surface area contributed by atoms with Gasteiger partial charge in [-0.15, -0.1) is 22.7 Å². The molecule has 138 valence electrons. The Labute approximate surface area is 168 Å². The quantitative estimate of drug-likeness (QED) is 0.476. The van der Waals surface area contributed by atoms with E-state index in [2.05, 4.69) is 21.4 Å². The van der Waals surface area contributed by atoms with Gasteiger partial charge in [0.1, 0.15) is 27.2 Å². The minimum atomic E-state index is -0.307. The molecule has 4 aromatic heterocycles. The first-order valence-corrected chi connectivity index (χ1v) is 9.92. The molecular formula is C19H14N6OS2. The van der Waals surface area contributed by atoms with Crippen LogP contribution in [0.3, 0.4) is 0 Å². The maximum absolute atomic E-state index is 12.7. The minimum absolute atomic E-state index is 0.127. The maximum atomic E-state index is 12.7. The highest BCUT2D eigenvalue weighted by atomic mass is 32.1. The van der Waals surface area contributed by atoms with Gasteiger partial charge in [-0.3, -0.25) is 9.78 Å². The first-order valence-electron chi connectivity index (χ1n) is 8.22. The average molecular weight is 406 g/mol. The van der Waals surface area contributed by atoms with Crippen molar-refractivity contribution in [2.45, 2.75) is 6.54 Å². The Kier molecular flexibility index (Phi) is 4.65. The summed E-state index contributed by atoms with van der Waals surface area (Å²) >= 11 is 2.63. The summed E-state index contributed by atoms with van der Waals surface area (Å²) in [6, 6.07) is 9.57. The van der Waals surface area contributed by atoms with Crippen LogP contribution in [0.5, 0.6) is 0 Å². The van der Waals surface area contributed by atoms with E-state index >= 15 is 0 Å². The van der Waals surface area contributed by atoms with Gasteiger partial charge < -0.3 is 16.8 Å². The molecule has 0 saturated carbocycles. The molecule has 1 amide bonds. The zero-order valence-electron chi connectivity index (χ0n) is 14.5. The summed E-state index contributed by atoms with van der Waals surface area (Å²) < 4.78 is 0. The Bertz CT molecular complexity index is 1210. The fraction of sp³-hybridized carbons (Fsp3) is 0.0526. The van der Waals surface area contributed by atoms with Gasteiger partial charge >= 0.3 is 0 Å². The summed E-state index contributed by atoms with van der Waals surface area (Å²) in [6.45, 7) is 0.331. The fourth-order valence-electron chi connectivity index (χ4n) is 2.88. The van der Waals surface area contributed by atoms with Crippen LogP contribution in [0.25, 0.3) is 20.7 Å². The number of rotatable bonds is 4. The first-order chi connectivity index (χ1) is 13.6. The molecule has 0 saturated heterocycles. The average Bonchev–Trinajstić information content (AvgIpc) is 3.34. The summed E-state index contributed by atoms with van der Waals surface area (Å²) in [5.41, 5.74) is 14.4. The van der Waals surface area contributed by atoms with Gasteiger partial charge in [-0.2, -0.15) is 5.26 Å². The van der Waals surface area contributed by atoms with Crippen LogP contribution in [0.2, 0.25) is 0 Å². The van der Waals surface area contributed by atoms with Crippen LogP contribution in [0.4, 0.5) is 11.5 Å². The fourth-order valence-corrected chi connectivity index (χ4v) is 4.70. The Balaban J connectivity index is 1.80. The topological polar surface area (TPSA) is 131 Å². The standard InChI is InChI=1S/C19H14N6OS2/c20-7-11-13(12-4-2-6-27-12)14-15(21)16(28-19(14)25-17(11)22)18(26)24-9-10-3-1-5-23-8-10/h1-6,8H,9,21H2,(H2,22,25)(H,24,26). The number of hydrogen-bond acceptors (Lipinski definition) is 8. The number of nitrogens with one attached hydrogen (secondary N) is 1. The molecular weight excluding hydrogens is 392 g/mol. The van der Waals surface area contributed by atoms with Crippen molar-refractivity contribution < 1.29 is 4.79 Å². The Morgan fingerprint density at radius 2 is 2.14 bits per heavy atom. The number of nitrogens with two attached hydrogens (primary N) is 2. The zero-order chi connectivity index (χ0) is 19.7. The third-order valence-corrected chi connectivity index (χ3v) is 6.15. The Hall–Kier alpha value is -3.48. The summed E-state index contributed by atoms with van der Waals surface area (Å²) in [7, 11) is 0. The number of aromatic nitrogens is 2. The maximum Gasteiger partial charge on any atom is 0.263 e. The summed E-state index contributed by atoms with van der Waals surface area (Å²) in [4.78, 5) is 22.8. The third kappa shape index (κ3) is 3.05. The van der Waals surface area contributed by atoms with Crippen LogP contribution in [-0.2, 0) is 6.54 Å². The van der Waals surface area contributed by atoms with Crippen molar-refractivity contribution >= 4 is 50.3 Å². The highest BCUT2D eigenvalue weighted by molar-refractivity contribution is 7.21. The molecule has 4 rings (SSSR count). The molecule has 0 unspecified atom stereocenters. The number of hydrogen-bond donors (Lipinski definition) is 3. The Morgan fingerprint density at radius 3 is 2.82 bits per heavy atom. The van der Waals surface area contributed by atoms with Crippen molar-refractivity contribution in [1.82, 2.24) is 15.3 Å². The summed E-state index contributed by atoms with van der Waals surface area (Å²) in [5.74, 6) is -0.180. The lowest BCUT2D eigenvalue weighted by molar-refractivity contribution is 0.0956. The lowest BCUT2D eigenvalue weighted by Crippen LogP contribution is -2.22. The van der Waals surface area contributed by atoms with Crippen molar-refractivity contribution in [2.75, 3.05) is 11.5 Å². The van der Waals surface area contributed by atoms with Gasteiger partial charge in [0, 0.05) is 34.8 Å². The number of thiophene rings is 2. The third-order valence-electron chi connectivity index (χ3n) is 4.17. The predicted octanol–water partition coefficient (Wildman–Crippen LogP) is 3.39. The van der Waals surface area contributed by atoms with Crippen molar-refractivity contribution in [3.05, 3.63) is 58.0 Å². The van der Waals surface area contributed by atoms with E-state index in [1.807, 2.05) is 23.6 Å². The van der Waals surface area contributed by atoms with E-state index in [0.29, 0.717) is 32.9 Å². The summed E-state index contributed by atoms with van der Waals surface area (Å²) in [5, 5.41) is 14.9. The van der Waals surface area contributed by atoms with Gasteiger partial charge in [0.05, 0.1) is 5.69 Å². The zero-order valence-corrected chi connectivity index (χ0v) is 16.1. The highest BCUT2D eigenvalue weighted by Gasteiger charge is 2.24. The molecule has 28 heavy (non-hydrogen) atoms. The van der Waals surface area contributed by atoms with Crippen molar-refractivity contribution in [3.63, 3.8) is 0 Å². The number of amides is 1. The molecule has 0 bridgehead atoms. The highest BCUT2D eigenvalue weighted by Crippen LogP contribution is 2.43. The molecule has 0 radical (unpaired) electrons. The Morgan fingerprint density at radius 1 is 1.29 bits per heavy atom. The number of nitrogen functional groups attached to an aromatic ring is 2. The first kappa shape index (κ1) is 17.9. The second-order valence-electron chi connectivity index (χ2n) is 5.91. The van der Waals surface area contributed by atoms with E-state index in [4.69, 9.17) is 11.5 Å². The van der Waals surface area contributed by atoms with Crippen molar-refractivity contribution in [3.8, 4) is 16.5 Å². The smallest absolute Gasteiger partial charge is 0.263 e. The van der Waals surface area contributed by atoms with Gasteiger partial charge in [0.15, 0.2) is 0 Å². The number of carbonyl (C=O) groups is 1. The molecule has 4 aromatic rings. The van der Waals surface area contributed by atoms with E-state index in [-0.39, 0.29) is 17.3 Å². The summed E-state index contributed by atoms with van der Waals surface area (Å²) in [6.07, 6.45) is 3.36. The van der Waals surface area contributed by atoms with Crippen LogP contribution < -0.4 is 16.8 Å². The number of nitrogens with zero attached hydrogens (tertiary/aromatic N) is 3. The number of anilines is 2. The normalized spacial score (nSPS) is 10.7. The van der Waals surface area contributed by atoms with Crippen LogP contribution >= 0.6 is 22.7 Å². The molecule has 0 aliphatic heterocycles. The molecule has 4 heterocycles. The number of carbonyl (C=O) groups excluding carboxylic acids is 1. The number of pyridine rings is 2. The van der Waals surface area contributed by atoms with E-state index in [9.17, 15) is 10.1 Å². The number of fused-ring (bicyclic) bond motifs is 1. The van der Waals surface area contributed by atoms with Crippen molar-refractivity contribution in [1.29, 1.82) is 5.26 Å². The van der Waals surface area contributed by atoms with Crippen LogP contribution in [0.15, 0.2) is 42.0 Å². The minimum Gasteiger partial charge on any atom is -0.397 e. The SMILES string of the molecule is N#Cc1c(N)nc2sc(C(=O)NCc3cccnc3)c(N)c2c1-c1cccs1. The molecule has 5 N–H and O–H groups in total. The van der Waals surface area contributed by atoms with Gasteiger partial charge in [0.25, 0.3) is 5.91 Å². The van der Waals surface area contributed by atoms with Crippen molar-refractivity contribution in [2.24, 2.45) is 0 Å². The van der Waals surface area contributed by atoms with E-state index in [0.717, 1.165) is 21.8 Å². The van der Waals surface area contributed by atoms with Gasteiger partial charge in [0.2, 0.25) is 0 Å². The lowest BCUT2D eigenvalue weighted by Gasteiger charge is -2.07. The van der Waals surface area contributed by atoms with Gasteiger partial charge in [-0.25, -0.2) is 4.98 Å². The molecule has 0 aromatic carbocycles. The van der Waals surface area contributed by atoms with E-state index in [1.165, 1.54) is 11.3 Å².